The number of rotatable bonds is 5. The zero-order chi connectivity index (χ0) is 15.2. The van der Waals surface area contributed by atoms with Crippen LogP contribution in [0.5, 0.6) is 0 Å². The van der Waals surface area contributed by atoms with Crippen molar-refractivity contribution in [1.82, 2.24) is 0 Å². The molecule has 1 aromatic heterocycles. The first-order valence-corrected chi connectivity index (χ1v) is 7.65. The summed E-state index contributed by atoms with van der Waals surface area (Å²) in [6, 6.07) is 8.52. The van der Waals surface area contributed by atoms with E-state index >= 15 is 0 Å². The Labute approximate surface area is 131 Å². The standard InChI is InChI=1S/C15H14ClNO3S/c1-2-20-15(19)12-6-5-10(8-13(12)16)17-14(18)9-11-4-3-7-21-11/h3-8H,2,9H2,1H3,(H,17,18). The van der Waals surface area contributed by atoms with Gasteiger partial charge in [-0.05, 0) is 36.6 Å². The molecule has 21 heavy (non-hydrogen) atoms. The lowest BCUT2D eigenvalue weighted by atomic mass is 10.2. The van der Waals surface area contributed by atoms with Gasteiger partial charge in [-0.2, -0.15) is 0 Å². The molecule has 1 amide bonds. The van der Waals surface area contributed by atoms with E-state index in [2.05, 4.69) is 5.32 Å². The van der Waals surface area contributed by atoms with Crippen molar-refractivity contribution in [2.45, 2.75) is 13.3 Å². The van der Waals surface area contributed by atoms with Crippen molar-refractivity contribution >= 4 is 40.5 Å². The summed E-state index contributed by atoms with van der Waals surface area (Å²) in [6.45, 7) is 2.01. The quantitative estimate of drug-likeness (QED) is 0.852. The van der Waals surface area contributed by atoms with Gasteiger partial charge in [0.2, 0.25) is 5.91 Å². The minimum Gasteiger partial charge on any atom is -0.462 e. The van der Waals surface area contributed by atoms with Crippen molar-refractivity contribution in [3.63, 3.8) is 0 Å². The van der Waals surface area contributed by atoms with Crippen molar-refractivity contribution in [2.75, 3.05) is 11.9 Å². The third-order valence-corrected chi connectivity index (χ3v) is 3.85. The number of amides is 1. The van der Waals surface area contributed by atoms with Crippen molar-refractivity contribution in [2.24, 2.45) is 0 Å². The third kappa shape index (κ3) is 4.31. The summed E-state index contributed by atoms with van der Waals surface area (Å²) in [5.74, 6) is -0.601. The lowest BCUT2D eigenvalue weighted by Crippen LogP contribution is -2.14. The average molecular weight is 324 g/mol. The zero-order valence-corrected chi connectivity index (χ0v) is 13.0. The number of thiophene rings is 1. The third-order valence-electron chi connectivity index (χ3n) is 2.66. The molecule has 1 N–H and O–H groups in total. The van der Waals surface area contributed by atoms with Gasteiger partial charge in [-0.1, -0.05) is 17.7 Å². The van der Waals surface area contributed by atoms with E-state index in [9.17, 15) is 9.59 Å². The van der Waals surface area contributed by atoms with Gasteiger partial charge in [0.1, 0.15) is 0 Å². The number of benzene rings is 1. The molecule has 6 heteroatoms. The predicted molar refractivity (Wildman–Crippen MR) is 84.1 cm³/mol. The van der Waals surface area contributed by atoms with Crippen LogP contribution in [0.25, 0.3) is 0 Å². The summed E-state index contributed by atoms with van der Waals surface area (Å²) >= 11 is 7.56. The van der Waals surface area contributed by atoms with Gasteiger partial charge in [0.15, 0.2) is 0 Å². The van der Waals surface area contributed by atoms with Gasteiger partial charge < -0.3 is 10.1 Å². The zero-order valence-electron chi connectivity index (χ0n) is 11.4. The second-order valence-corrected chi connectivity index (χ2v) is 5.66. The first-order valence-electron chi connectivity index (χ1n) is 6.39. The number of nitrogens with one attached hydrogen (secondary N) is 1. The van der Waals surface area contributed by atoms with E-state index in [0.29, 0.717) is 12.1 Å². The van der Waals surface area contributed by atoms with Crippen LogP contribution in [0.3, 0.4) is 0 Å². The summed E-state index contributed by atoms with van der Waals surface area (Å²) in [5.41, 5.74) is 0.837. The number of hydrogen-bond donors (Lipinski definition) is 1. The molecule has 0 fully saturated rings. The molecule has 1 aromatic carbocycles. The molecule has 0 atom stereocenters. The summed E-state index contributed by atoms with van der Waals surface area (Å²) in [5, 5.41) is 4.93. The van der Waals surface area contributed by atoms with Crippen LogP contribution in [0.1, 0.15) is 22.2 Å². The van der Waals surface area contributed by atoms with E-state index in [1.807, 2.05) is 17.5 Å². The number of carbonyl (C=O) groups excluding carboxylic acids is 2. The second kappa shape index (κ2) is 7.24. The Morgan fingerprint density at radius 3 is 2.76 bits per heavy atom. The Bertz CT molecular complexity index is 640. The highest BCUT2D eigenvalue weighted by atomic mass is 35.5. The van der Waals surface area contributed by atoms with Gasteiger partial charge in [0.05, 0.1) is 23.6 Å². The number of ether oxygens (including phenoxy) is 1. The highest BCUT2D eigenvalue weighted by Gasteiger charge is 2.12. The molecule has 1 heterocycles. The molecule has 4 nitrogen and oxygen atoms in total. The highest BCUT2D eigenvalue weighted by Crippen LogP contribution is 2.22. The number of carbonyl (C=O) groups is 2. The summed E-state index contributed by atoms with van der Waals surface area (Å²) < 4.78 is 4.89. The van der Waals surface area contributed by atoms with E-state index in [1.165, 1.54) is 11.3 Å². The summed E-state index contributed by atoms with van der Waals surface area (Å²) in [6.07, 6.45) is 0.314. The Morgan fingerprint density at radius 1 is 1.33 bits per heavy atom. The maximum absolute atomic E-state index is 11.9. The molecule has 2 aromatic rings. The lowest BCUT2D eigenvalue weighted by Gasteiger charge is -2.08. The minimum atomic E-state index is -0.473. The number of esters is 1. The Hall–Kier alpha value is -1.85. The van der Waals surface area contributed by atoms with Crippen molar-refractivity contribution in [3.05, 3.63) is 51.2 Å². The molecule has 0 unspecified atom stereocenters. The average Bonchev–Trinajstić information content (AvgIpc) is 2.91. The van der Waals surface area contributed by atoms with Crippen LogP contribution in [0.15, 0.2) is 35.7 Å². The first kappa shape index (κ1) is 15.5. The molecule has 110 valence electrons. The largest absolute Gasteiger partial charge is 0.462 e. The monoisotopic (exact) mass is 323 g/mol. The molecule has 0 aliphatic heterocycles. The SMILES string of the molecule is CCOC(=O)c1ccc(NC(=O)Cc2cccs2)cc1Cl. The van der Waals surface area contributed by atoms with Crippen LogP contribution in [-0.2, 0) is 16.0 Å². The summed E-state index contributed by atoms with van der Waals surface area (Å²) in [4.78, 5) is 24.5. The van der Waals surface area contributed by atoms with Gasteiger partial charge >= 0.3 is 5.97 Å². The molecule has 0 aliphatic carbocycles. The van der Waals surface area contributed by atoms with E-state index in [4.69, 9.17) is 16.3 Å². The van der Waals surface area contributed by atoms with E-state index in [1.54, 1.807) is 25.1 Å². The molecule has 0 bridgehead atoms. The normalized spacial score (nSPS) is 10.2. The molecule has 0 saturated heterocycles. The first-order chi connectivity index (χ1) is 10.1. The smallest absolute Gasteiger partial charge is 0.339 e. The maximum Gasteiger partial charge on any atom is 0.339 e. The molecule has 0 saturated carbocycles. The van der Waals surface area contributed by atoms with Crippen molar-refractivity contribution in [1.29, 1.82) is 0 Å². The van der Waals surface area contributed by atoms with Crippen LogP contribution in [-0.4, -0.2) is 18.5 Å². The van der Waals surface area contributed by atoms with E-state index < -0.39 is 5.97 Å². The van der Waals surface area contributed by atoms with Gasteiger partial charge in [-0.3, -0.25) is 4.79 Å². The van der Waals surface area contributed by atoms with Crippen LogP contribution in [0, 0.1) is 0 Å². The predicted octanol–water partition coefficient (Wildman–Crippen LogP) is 3.76. The van der Waals surface area contributed by atoms with Gasteiger partial charge in [0, 0.05) is 10.6 Å². The second-order valence-electron chi connectivity index (χ2n) is 4.22. The fourth-order valence-electron chi connectivity index (χ4n) is 1.74. The molecule has 0 radical (unpaired) electrons. The summed E-state index contributed by atoms with van der Waals surface area (Å²) in [7, 11) is 0. The van der Waals surface area contributed by atoms with Gasteiger partial charge in [-0.15, -0.1) is 11.3 Å². The van der Waals surface area contributed by atoms with Crippen molar-refractivity contribution in [3.8, 4) is 0 Å². The number of anilines is 1. The lowest BCUT2D eigenvalue weighted by molar-refractivity contribution is -0.115. The molecule has 0 aliphatic rings. The van der Waals surface area contributed by atoms with Gasteiger partial charge in [-0.25, -0.2) is 4.79 Å². The van der Waals surface area contributed by atoms with Crippen LogP contribution >= 0.6 is 22.9 Å². The molecule has 0 spiro atoms. The van der Waals surface area contributed by atoms with Crippen LogP contribution in [0.2, 0.25) is 5.02 Å². The van der Waals surface area contributed by atoms with Crippen LogP contribution < -0.4 is 5.32 Å². The minimum absolute atomic E-state index is 0.127. The molecule has 2 rings (SSSR count). The fourth-order valence-corrected chi connectivity index (χ4v) is 2.71. The van der Waals surface area contributed by atoms with Gasteiger partial charge in [0.25, 0.3) is 0 Å². The Balaban J connectivity index is 2.03. The number of halogens is 1. The highest BCUT2D eigenvalue weighted by molar-refractivity contribution is 7.10. The topological polar surface area (TPSA) is 55.4 Å². The molecular weight excluding hydrogens is 310 g/mol. The molecular formula is C15H14ClNO3S. The van der Waals surface area contributed by atoms with Crippen molar-refractivity contribution < 1.29 is 14.3 Å². The maximum atomic E-state index is 11.9. The van der Waals surface area contributed by atoms with Crippen LogP contribution in [0.4, 0.5) is 5.69 Å². The van der Waals surface area contributed by atoms with E-state index in [0.717, 1.165) is 4.88 Å². The Kier molecular flexibility index (Phi) is 5.36. The Morgan fingerprint density at radius 2 is 2.14 bits per heavy atom. The fraction of sp³-hybridized carbons (Fsp3) is 0.200. The number of hydrogen-bond acceptors (Lipinski definition) is 4. The van der Waals surface area contributed by atoms with E-state index in [-0.39, 0.29) is 23.1 Å².